The van der Waals surface area contributed by atoms with Crippen LogP contribution in [0, 0.1) is 20.8 Å². The van der Waals surface area contributed by atoms with Crippen LogP contribution in [0.5, 0.6) is 0 Å². The minimum absolute atomic E-state index is 0.0328. The second-order valence-electron chi connectivity index (χ2n) is 5.04. The van der Waals surface area contributed by atoms with Crippen LogP contribution in [0.2, 0.25) is 0 Å². The molecule has 0 aromatic carbocycles. The third-order valence-electron chi connectivity index (χ3n) is 3.33. The zero-order valence-corrected chi connectivity index (χ0v) is 13.1. The predicted octanol–water partition coefficient (Wildman–Crippen LogP) is 2.60. The van der Waals surface area contributed by atoms with Gasteiger partial charge in [-0.3, -0.25) is 9.89 Å². The lowest BCUT2D eigenvalue weighted by Gasteiger charge is -2.10. The Bertz CT molecular complexity index is 602. The number of aryl methyl sites for hydroxylation is 3. The highest BCUT2D eigenvalue weighted by molar-refractivity contribution is 7.09. The Kier molecular flexibility index (Phi) is 4.54. The summed E-state index contributed by atoms with van der Waals surface area (Å²) in [6.45, 7) is 7.92. The van der Waals surface area contributed by atoms with Crippen LogP contribution in [-0.2, 0) is 11.2 Å². The maximum absolute atomic E-state index is 12.0. The van der Waals surface area contributed by atoms with Gasteiger partial charge in [-0.2, -0.15) is 5.10 Å². The van der Waals surface area contributed by atoms with E-state index >= 15 is 0 Å². The number of amides is 1. The smallest absolute Gasteiger partial charge is 0.220 e. The highest BCUT2D eigenvalue weighted by Gasteiger charge is 2.14. The fourth-order valence-electron chi connectivity index (χ4n) is 1.96. The quantitative estimate of drug-likeness (QED) is 0.890. The predicted molar refractivity (Wildman–Crippen MR) is 79.8 cm³/mol. The van der Waals surface area contributed by atoms with Crippen molar-refractivity contribution in [1.29, 1.82) is 0 Å². The van der Waals surface area contributed by atoms with Crippen LogP contribution in [0.3, 0.4) is 0 Å². The zero-order chi connectivity index (χ0) is 14.7. The van der Waals surface area contributed by atoms with Crippen molar-refractivity contribution < 1.29 is 4.79 Å². The Labute approximate surface area is 122 Å². The fourth-order valence-corrected chi connectivity index (χ4v) is 2.76. The minimum atomic E-state index is -0.0387. The average Bonchev–Trinajstić information content (AvgIpc) is 2.96. The Hall–Kier alpha value is -1.69. The lowest BCUT2D eigenvalue weighted by Crippen LogP contribution is -2.26. The van der Waals surface area contributed by atoms with Crippen LogP contribution < -0.4 is 5.32 Å². The Morgan fingerprint density at radius 1 is 1.45 bits per heavy atom. The van der Waals surface area contributed by atoms with E-state index in [0.29, 0.717) is 12.8 Å². The van der Waals surface area contributed by atoms with Gasteiger partial charge in [-0.15, -0.1) is 11.3 Å². The molecule has 0 radical (unpaired) electrons. The Morgan fingerprint density at radius 2 is 2.20 bits per heavy atom. The maximum atomic E-state index is 12.0. The monoisotopic (exact) mass is 292 g/mol. The lowest BCUT2D eigenvalue weighted by atomic mass is 10.1. The number of hydrogen-bond acceptors (Lipinski definition) is 4. The van der Waals surface area contributed by atoms with Gasteiger partial charge < -0.3 is 5.32 Å². The van der Waals surface area contributed by atoms with E-state index in [9.17, 15) is 4.79 Å². The molecule has 0 fully saturated rings. The minimum Gasteiger partial charge on any atom is -0.347 e. The van der Waals surface area contributed by atoms with Gasteiger partial charge in [0.15, 0.2) is 0 Å². The molecule has 5 nitrogen and oxygen atoms in total. The molecule has 1 amide bonds. The van der Waals surface area contributed by atoms with Crippen LogP contribution in [0.15, 0.2) is 5.38 Å². The topological polar surface area (TPSA) is 70.7 Å². The first-order chi connectivity index (χ1) is 9.47. The van der Waals surface area contributed by atoms with Crippen LogP contribution in [0.1, 0.15) is 47.0 Å². The molecule has 2 rings (SSSR count). The molecule has 0 unspecified atom stereocenters. The molecule has 6 heteroatoms. The summed E-state index contributed by atoms with van der Waals surface area (Å²) in [5.74, 6) is 0.0328. The summed E-state index contributed by atoms with van der Waals surface area (Å²) in [4.78, 5) is 16.3. The number of carbonyl (C=O) groups excluding carboxylic acids is 1. The molecule has 0 aliphatic rings. The van der Waals surface area contributed by atoms with Crippen molar-refractivity contribution in [2.45, 2.75) is 46.6 Å². The number of hydrogen-bond donors (Lipinski definition) is 2. The molecule has 0 spiro atoms. The van der Waals surface area contributed by atoms with Crippen molar-refractivity contribution in [2.75, 3.05) is 0 Å². The molecule has 1 atom stereocenters. The first-order valence-electron chi connectivity index (χ1n) is 6.69. The molecule has 108 valence electrons. The van der Waals surface area contributed by atoms with E-state index in [4.69, 9.17) is 0 Å². The third kappa shape index (κ3) is 3.45. The van der Waals surface area contributed by atoms with E-state index in [0.717, 1.165) is 27.7 Å². The molecule has 0 aliphatic heterocycles. The SMILES string of the molecule is Cc1csc([C@H](C)NC(=O)CCc2n[nH]c(C)c2C)n1. The van der Waals surface area contributed by atoms with Crippen molar-refractivity contribution in [2.24, 2.45) is 0 Å². The van der Waals surface area contributed by atoms with E-state index in [-0.39, 0.29) is 11.9 Å². The average molecular weight is 292 g/mol. The van der Waals surface area contributed by atoms with Crippen LogP contribution in [0.25, 0.3) is 0 Å². The second kappa shape index (κ2) is 6.17. The van der Waals surface area contributed by atoms with E-state index in [1.165, 1.54) is 0 Å². The first-order valence-corrected chi connectivity index (χ1v) is 7.57. The molecule has 0 saturated heterocycles. The summed E-state index contributed by atoms with van der Waals surface area (Å²) in [7, 11) is 0. The van der Waals surface area contributed by atoms with Crippen molar-refractivity contribution >= 4 is 17.2 Å². The van der Waals surface area contributed by atoms with E-state index < -0.39 is 0 Å². The molecular formula is C14H20N4OS. The number of rotatable bonds is 5. The number of aromatic nitrogens is 3. The summed E-state index contributed by atoms with van der Waals surface area (Å²) in [5, 5.41) is 13.1. The third-order valence-corrected chi connectivity index (χ3v) is 4.47. The number of thiazole rings is 1. The number of aromatic amines is 1. The zero-order valence-electron chi connectivity index (χ0n) is 12.3. The molecule has 2 N–H and O–H groups in total. The van der Waals surface area contributed by atoms with Crippen LogP contribution >= 0.6 is 11.3 Å². The molecule has 2 aromatic heterocycles. The molecule has 2 heterocycles. The summed E-state index contributed by atoms with van der Waals surface area (Å²) in [6.07, 6.45) is 1.10. The van der Waals surface area contributed by atoms with Gasteiger partial charge >= 0.3 is 0 Å². The fraction of sp³-hybridized carbons (Fsp3) is 0.500. The van der Waals surface area contributed by atoms with E-state index in [2.05, 4.69) is 20.5 Å². The molecule has 20 heavy (non-hydrogen) atoms. The summed E-state index contributed by atoms with van der Waals surface area (Å²) in [5.41, 5.74) is 4.16. The molecule has 0 saturated carbocycles. The van der Waals surface area contributed by atoms with Gasteiger partial charge in [0.2, 0.25) is 5.91 Å². The van der Waals surface area contributed by atoms with E-state index in [1.54, 1.807) is 11.3 Å². The number of carbonyl (C=O) groups is 1. The van der Waals surface area contributed by atoms with Crippen LogP contribution in [0.4, 0.5) is 0 Å². The molecular weight excluding hydrogens is 272 g/mol. The normalized spacial score (nSPS) is 12.4. The highest BCUT2D eigenvalue weighted by Crippen LogP contribution is 2.17. The summed E-state index contributed by atoms with van der Waals surface area (Å²) in [6, 6.07) is -0.0387. The van der Waals surface area contributed by atoms with E-state index in [1.807, 2.05) is 33.1 Å². The van der Waals surface area contributed by atoms with Gasteiger partial charge in [0.1, 0.15) is 5.01 Å². The second-order valence-corrected chi connectivity index (χ2v) is 5.93. The standard InChI is InChI=1S/C14H20N4OS/c1-8-7-20-14(15-8)11(4)16-13(19)6-5-12-9(2)10(3)17-18-12/h7,11H,5-6H2,1-4H3,(H,16,19)(H,17,18)/t11-/m0/s1. The van der Waals surface area contributed by atoms with Gasteiger partial charge in [0, 0.05) is 29.6 Å². The molecule has 0 bridgehead atoms. The van der Waals surface area contributed by atoms with Gasteiger partial charge in [-0.1, -0.05) is 0 Å². The highest BCUT2D eigenvalue weighted by atomic mass is 32.1. The van der Waals surface area contributed by atoms with Crippen molar-refractivity contribution in [3.63, 3.8) is 0 Å². The van der Waals surface area contributed by atoms with Crippen molar-refractivity contribution in [3.8, 4) is 0 Å². The van der Waals surface area contributed by atoms with Gasteiger partial charge in [0.05, 0.1) is 11.7 Å². The van der Waals surface area contributed by atoms with Gasteiger partial charge in [-0.25, -0.2) is 4.98 Å². The number of nitrogens with one attached hydrogen (secondary N) is 2. The lowest BCUT2D eigenvalue weighted by molar-refractivity contribution is -0.121. The Morgan fingerprint density at radius 3 is 2.75 bits per heavy atom. The summed E-state index contributed by atoms with van der Waals surface area (Å²) < 4.78 is 0. The molecule has 2 aromatic rings. The number of H-pyrrole nitrogens is 1. The maximum Gasteiger partial charge on any atom is 0.220 e. The number of nitrogens with zero attached hydrogens (tertiary/aromatic N) is 2. The first kappa shape index (κ1) is 14.7. The molecule has 0 aliphatic carbocycles. The van der Waals surface area contributed by atoms with Gasteiger partial charge in [0.25, 0.3) is 0 Å². The van der Waals surface area contributed by atoms with Crippen molar-refractivity contribution in [3.05, 3.63) is 33.0 Å². The summed E-state index contributed by atoms with van der Waals surface area (Å²) >= 11 is 1.58. The Balaban J connectivity index is 1.85. The largest absolute Gasteiger partial charge is 0.347 e. The van der Waals surface area contributed by atoms with Crippen LogP contribution in [-0.4, -0.2) is 21.1 Å². The van der Waals surface area contributed by atoms with Gasteiger partial charge in [-0.05, 0) is 33.3 Å². The van der Waals surface area contributed by atoms with Crippen molar-refractivity contribution in [1.82, 2.24) is 20.5 Å².